The van der Waals surface area contributed by atoms with Crippen LogP contribution < -0.4 is 11.3 Å². The topological polar surface area (TPSA) is 104 Å². The molecule has 4 N–H and O–H groups in total. The number of carbonyl (C=O) groups is 1. The van der Waals surface area contributed by atoms with Crippen molar-refractivity contribution in [2.24, 2.45) is 5.84 Å². The number of amides is 1. The Balaban J connectivity index is 2.12. The van der Waals surface area contributed by atoms with Crippen molar-refractivity contribution >= 4 is 11.7 Å². The monoisotopic (exact) mass is 265 g/mol. The Bertz CT molecular complexity index is 436. The molecule has 2 rings (SSSR count). The van der Waals surface area contributed by atoms with Gasteiger partial charge in [-0.3, -0.25) is 9.78 Å². The lowest BCUT2D eigenvalue weighted by atomic mass is 9.91. The van der Waals surface area contributed by atoms with Crippen LogP contribution in [0.25, 0.3) is 0 Å². The van der Waals surface area contributed by atoms with Gasteiger partial charge in [-0.05, 0) is 25.7 Å². The fourth-order valence-corrected chi connectivity index (χ4v) is 2.08. The molecule has 0 aliphatic heterocycles. The number of anilines is 1. The lowest BCUT2D eigenvalue weighted by molar-refractivity contribution is 0.0556. The van der Waals surface area contributed by atoms with Gasteiger partial charge < -0.3 is 15.4 Å². The minimum absolute atomic E-state index is 0.0760. The highest BCUT2D eigenvalue weighted by Gasteiger charge is 2.29. The van der Waals surface area contributed by atoms with Crippen molar-refractivity contribution < 1.29 is 9.90 Å². The number of aliphatic hydroxyl groups excluding tert-OH is 1. The lowest BCUT2D eigenvalue weighted by Gasteiger charge is -2.37. The van der Waals surface area contributed by atoms with Crippen LogP contribution in [0.15, 0.2) is 12.4 Å². The van der Waals surface area contributed by atoms with E-state index in [0.29, 0.717) is 18.8 Å². The van der Waals surface area contributed by atoms with Crippen molar-refractivity contribution in [1.82, 2.24) is 14.9 Å². The predicted octanol–water partition coefficient (Wildman–Crippen LogP) is 0.139. The van der Waals surface area contributed by atoms with Crippen LogP contribution >= 0.6 is 0 Å². The summed E-state index contributed by atoms with van der Waals surface area (Å²) in [5.41, 5.74) is 2.66. The van der Waals surface area contributed by atoms with Crippen LogP contribution in [0.5, 0.6) is 0 Å². The maximum absolute atomic E-state index is 12.4. The second-order valence-corrected chi connectivity index (χ2v) is 4.59. The molecule has 1 aliphatic carbocycles. The van der Waals surface area contributed by atoms with Gasteiger partial charge in [0.15, 0.2) is 5.82 Å². The van der Waals surface area contributed by atoms with E-state index in [4.69, 9.17) is 10.9 Å². The van der Waals surface area contributed by atoms with Crippen molar-refractivity contribution in [3.8, 4) is 0 Å². The third-order valence-corrected chi connectivity index (χ3v) is 3.34. The van der Waals surface area contributed by atoms with Crippen LogP contribution in [0.4, 0.5) is 5.82 Å². The van der Waals surface area contributed by atoms with Crippen LogP contribution in [0, 0.1) is 0 Å². The van der Waals surface area contributed by atoms with Gasteiger partial charge in [0.2, 0.25) is 0 Å². The molecule has 0 atom stereocenters. The number of aliphatic hydroxyl groups is 1. The second-order valence-electron chi connectivity index (χ2n) is 4.59. The fourth-order valence-electron chi connectivity index (χ4n) is 2.08. The Hall–Kier alpha value is -1.73. The summed E-state index contributed by atoms with van der Waals surface area (Å²) in [5, 5.41) is 8.93. The number of hydrogen-bond acceptors (Lipinski definition) is 6. The zero-order valence-corrected chi connectivity index (χ0v) is 10.7. The number of nitrogens with zero attached hydrogens (tertiary/aromatic N) is 3. The van der Waals surface area contributed by atoms with Crippen LogP contribution in [0.3, 0.4) is 0 Å². The van der Waals surface area contributed by atoms with Gasteiger partial charge in [0.1, 0.15) is 5.69 Å². The molecule has 0 radical (unpaired) electrons. The summed E-state index contributed by atoms with van der Waals surface area (Å²) in [5.74, 6) is 5.47. The zero-order valence-electron chi connectivity index (χ0n) is 10.7. The Labute approximate surface area is 111 Å². The summed E-state index contributed by atoms with van der Waals surface area (Å²) in [7, 11) is 0. The van der Waals surface area contributed by atoms with E-state index in [1.54, 1.807) is 4.90 Å². The van der Waals surface area contributed by atoms with Crippen LogP contribution in [0.1, 0.15) is 36.2 Å². The lowest BCUT2D eigenvalue weighted by Crippen LogP contribution is -2.45. The van der Waals surface area contributed by atoms with E-state index in [0.717, 1.165) is 19.3 Å². The number of hydrogen-bond donors (Lipinski definition) is 3. The van der Waals surface area contributed by atoms with Crippen LogP contribution in [-0.4, -0.2) is 45.1 Å². The zero-order chi connectivity index (χ0) is 13.7. The summed E-state index contributed by atoms with van der Waals surface area (Å²) in [6, 6.07) is 0.260. The number of nitrogen functional groups attached to an aromatic ring is 1. The third-order valence-electron chi connectivity index (χ3n) is 3.34. The van der Waals surface area contributed by atoms with Crippen molar-refractivity contribution in [1.29, 1.82) is 0 Å². The molecule has 0 bridgehead atoms. The van der Waals surface area contributed by atoms with E-state index in [2.05, 4.69) is 15.4 Å². The maximum atomic E-state index is 12.4. The molecule has 19 heavy (non-hydrogen) atoms. The average Bonchev–Trinajstić information content (AvgIpc) is 2.40. The standard InChI is InChI=1S/C12H19N5O2/c13-16-11-8-14-7-10(15-11)12(19)17(5-2-6-18)9-3-1-4-9/h7-9,18H,1-6,13H2,(H,15,16). The number of rotatable bonds is 6. The van der Waals surface area contributed by atoms with Crippen molar-refractivity contribution in [3.05, 3.63) is 18.1 Å². The molecule has 1 amide bonds. The Kier molecular flexibility index (Phi) is 4.64. The van der Waals surface area contributed by atoms with Gasteiger partial charge in [-0.1, -0.05) is 0 Å². The first-order valence-electron chi connectivity index (χ1n) is 6.46. The SMILES string of the molecule is NNc1cncc(C(=O)N(CCCO)C2CCC2)n1. The molecule has 1 heterocycles. The molecule has 1 aromatic rings. The van der Waals surface area contributed by atoms with E-state index in [-0.39, 0.29) is 24.2 Å². The van der Waals surface area contributed by atoms with E-state index in [9.17, 15) is 4.79 Å². The number of nitrogens with two attached hydrogens (primary N) is 1. The largest absolute Gasteiger partial charge is 0.396 e. The highest BCUT2D eigenvalue weighted by atomic mass is 16.3. The normalized spacial score (nSPS) is 14.8. The van der Waals surface area contributed by atoms with Gasteiger partial charge in [0.05, 0.1) is 12.4 Å². The smallest absolute Gasteiger partial charge is 0.274 e. The molecule has 0 unspecified atom stereocenters. The molecule has 7 heteroatoms. The van der Waals surface area contributed by atoms with Crippen LogP contribution in [0.2, 0.25) is 0 Å². The molecule has 104 valence electrons. The van der Waals surface area contributed by atoms with E-state index >= 15 is 0 Å². The van der Waals surface area contributed by atoms with Crippen molar-refractivity contribution in [2.45, 2.75) is 31.7 Å². The second kappa shape index (κ2) is 6.44. The van der Waals surface area contributed by atoms with Gasteiger partial charge in [-0.25, -0.2) is 10.8 Å². The molecule has 1 fully saturated rings. The Morgan fingerprint density at radius 1 is 1.53 bits per heavy atom. The molecule has 0 saturated heterocycles. The molecular formula is C12H19N5O2. The molecule has 0 aromatic carbocycles. The predicted molar refractivity (Wildman–Crippen MR) is 70.2 cm³/mol. The Morgan fingerprint density at radius 3 is 2.89 bits per heavy atom. The van der Waals surface area contributed by atoms with Gasteiger partial charge in [0, 0.05) is 19.2 Å². The number of aromatic nitrogens is 2. The molecule has 0 spiro atoms. The number of nitrogens with one attached hydrogen (secondary N) is 1. The fraction of sp³-hybridized carbons (Fsp3) is 0.583. The number of carbonyl (C=O) groups excluding carboxylic acids is 1. The minimum atomic E-state index is -0.150. The molecular weight excluding hydrogens is 246 g/mol. The summed E-state index contributed by atoms with van der Waals surface area (Å²) in [4.78, 5) is 22.3. The molecule has 1 saturated carbocycles. The summed E-state index contributed by atoms with van der Waals surface area (Å²) in [6.45, 7) is 0.620. The summed E-state index contributed by atoms with van der Waals surface area (Å²) >= 11 is 0. The summed E-state index contributed by atoms with van der Waals surface area (Å²) in [6.07, 6.45) is 6.64. The first kappa shape index (κ1) is 13.7. The first-order valence-corrected chi connectivity index (χ1v) is 6.46. The maximum Gasteiger partial charge on any atom is 0.274 e. The van der Waals surface area contributed by atoms with Gasteiger partial charge >= 0.3 is 0 Å². The van der Waals surface area contributed by atoms with Gasteiger partial charge in [-0.15, -0.1) is 0 Å². The van der Waals surface area contributed by atoms with Crippen molar-refractivity contribution in [2.75, 3.05) is 18.6 Å². The van der Waals surface area contributed by atoms with E-state index < -0.39 is 0 Å². The molecule has 1 aromatic heterocycles. The van der Waals surface area contributed by atoms with Gasteiger partial charge in [0.25, 0.3) is 5.91 Å². The summed E-state index contributed by atoms with van der Waals surface area (Å²) < 4.78 is 0. The van der Waals surface area contributed by atoms with Crippen molar-refractivity contribution in [3.63, 3.8) is 0 Å². The van der Waals surface area contributed by atoms with Crippen LogP contribution in [-0.2, 0) is 0 Å². The highest BCUT2D eigenvalue weighted by Crippen LogP contribution is 2.26. The third kappa shape index (κ3) is 3.18. The highest BCUT2D eigenvalue weighted by molar-refractivity contribution is 5.92. The van der Waals surface area contributed by atoms with E-state index in [1.807, 2.05) is 0 Å². The minimum Gasteiger partial charge on any atom is -0.396 e. The average molecular weight is 265 g/mol. The molecule has 7 nitrogen and oxygen atoms in total. The number of hydrazine groups is 1. The molecule has 1 aliphatic rings. The quantitative estimate of drug-likeness (QED) is 0.499. The first-order chi connectivity index (χ1) is 9.26. The van der Waals surface area contributed by atoms with E-state index in [1.165, 1.54) is 12.4 Å². The Morgan fingerprint density at radius 2 is 2.32 bits per heavy atom. The van der Waals surface area contributed by atoms with Gasteiger partial charge in [-0.2, -0.15) is 0 Å².